The van der Waals surface area contributed by atoms with Crippen LogP contribution in [-0.2, 0) is 4.79 Å². The molecule has 1 aliphatic heterocycles. The fourth-order valence-electron chi connectivity index (χ4n) is 1.88. The summed E-state index contributed by atoms with van der Waals surface area (Å²) in [6, 6.07) is 2.15. The lowest BCUT2D eigenvalue weighted by molar-refractivity contribution is -0.132. The van der Waals surface area contributed by atoms with Crippen LogP contribution in [0.4, 0.5) is 0 Å². The summed E-state index contributed by atoms with van der Waals surface area (Å²) in [6.45, 7) is 10.7. The van der Waals surface area contributed by atoms with Crippen LogP contribution in [0, 0.1) is 11.3 Å². The molecular formula is C13H24N4O. The molecule has 0 aliphatic carbocycles. The summed E-state index contributed by atoms with van der Waals surface area (Å²) < 4.78 is 0. The molecule has 1 saturated heterocycles. The number of hydrogen-bond donors (Lipinski definition) is 1. The molecule has 1 fully saturated rings. The van der Waals surface area contributed by atoms with Gasteiger partial charge in [-0.05, 0) is 20.8 Å². The van der Waals surface area contributed by atoms with Crippen LogP contribution in [-0.4, -0.2) is 60.5 Å². The summed E-state index contributed by atoms with van der Waals surface area (Å²) in [7, 11) is 0. The largest absolute Gasteiger partial charge is 0.339 e. The van der Waals surface area contributed by atoms with Crippen LogP contribution in [0.25, 0.3) is 0 Å². The van der Waals surface area contributed by atoms with Crippen molar-refractivity contribution in [3.05, 3.63) is 0 Å². The van der Waals surface area contributed by atoms with Crippen molar-refractivity contribution in [3.8, 4) is 6.07 Å². The first-order valence-corrected chi connectivity index (χ1v) is 6.54. The van der Waals surface area contributed by atoms with Gasteiger partial charge in [-0.3, -0.25) is 9.69 Å². The minimum Gasteiger partial charge on any atom is -0.339 e. The van der Waals surface area contributed by atoms with Gasteiger partial charge in [0.1, 0.15) is 0 Å². The fraction of sp³-hybridized carbons (Fsp3) is 0.846. The Bertz CT molecular complexity index is 308. The average Bonchev–Trinajstić information content (AvgIpc) is 2.33. The predicted octanol–water partition coefficient (Wildman–Crippen LogP) is 0.432. The molecule has 0 bridgehead atoms. The number of nitrogens with one attached hydrogen (secondary N) is 1. The fourth-order valence-corrected chi connectivity index (χ4v) is 1.88. The number of piperazine rings is 1. The third-order valence-electron chi connectivity index (χ3n) is 3.03. The zero-order chi connectivity index (χ0) is 13.6. The highest BCUT2D eigenvalue weighted by atomic mass is 16.2. The van der Waals surface area contributed by atoms with Gasteiger partial charge in [0.2, 0.25) is 5.91 Å². The quantitative estimate of drug-likeness (QED) is 0.788. The molecule has 0 radical (unpaired) electrons. The molecule has 1 rings (SSSR count). The van der Waals surface area contributed by atoms with Gasteiger partial charge in [0.05, 0.1) is 12.6 Å². The van der Waals surface area contributed by atoms with Crippen molar-refractivity contribution in [2.24, 2.45) is 0 Å². The number of carbonyl (C=O) groups excluding carboxylic acids is 1. The van der Waals surface area contributed by atoms with Crippen molar-refractivity contribution in [3.63, 3.8) is 0 Å². The monoisotopic (exact) mass is 252 g/mol. The summed E-state index contributed by atoms with van der Waals surface area (Å²) in [5.41, 5.74) is -0.0235. The van der Waals surface area contributed by atoms with Crippen LogP contribution >= 0.6 is 0 Å². The van der Waals surface area contributed by atoms with Crippen LogP contribution in [0.3, 0.4) is 0 Å². The molecule has 0 aromatic rings. The molecule has 1 N–H and O–H groups in total. The van der Waals surface area contributed by atoms with Gasteiger partial charge >= 0.3 is 0 Å². The van der Waals surface area contributed by atoms with Crippen LogP contribution in [0.2, 0.25) is 0 Å². The molecule has 0 spiro atoms. The van der Waals surface area contributed by atoms with Gasteiger partial charge < -0.3 is 10.2 Å². The molecular weight excluding hydrogens is 228 g/mol. The number of nitrogens with zero attached hydrogens (tertiary/aromatic N) is 3. The maximum atomic E-state index is 12.0. The van der Waals surface area contributed by atoms with Crippen LogP contribution in [0.15, 0.2) is 0 Å². The van der Waals surface area contributed by atoms with E-state index in [1.54, 1.807) is 0 Å². The zero-order valence-corrected chi connectivity index (χ0v) is 11.7. The van der Waals surface area contributed by atoms with E-state index in [0.717, 1.165) is 32.7 Å². The van der Waals surface area contributed by atoms with Crippen molar-refractivity contribution in [1.82, 2.24) is 15.1 Å². The van der Waals surface area contributed by atoms with E-state index < -0.39 is 0 Å². The topological polar surface area (TPSA) is 59.4 Å². The van der Waals surface area contributed by atoms with E-state index in [4.69, 9.17) is 5.26 Å². The molecule has 5 heteroatoms. The SMILES string of the molecule is CC(C)(C)NCC(=O)N1CCN(CCC#N)CC1. The molecule has 0 unspecified atom stereocenters. The maximum Gasteiger partial charge on any atom is 0.236 e. The summed E-state index contributed by atoms with van der Waals surface area (Å²) in [5.74, 6) is 0.171. The molecule has 0 aromatic heterocycles. The van der Waals surface area contributed by atoms with Gasteiger partial charge in [0.15, 0.2) is 0 Å². The van der Waals surface area contributed by atoms with Crippen molar-refractivity contribution in [2.45, 2.75) is 32.7 Å². The summed E-state index contributed by atoms with van der Waals surface area (Å²) in [4.78, 5) is 16.1. The van der Waals surface area contributed by atoms with E-state index in [9.17, 15) is 4.79 Å². The molecule has 1 heterocycles. The van der Waals surface area contributed by atoms with E-state index in [1.807, 2.05) is 4.90 Å². The van der Waals surface area contributed by atoms with E-state index in [1.165, 1.54) is 0 Å². The van der Waals surface area contributed by atoms with Crippen molar-refractivity contribution >= 4 is 5.91 Å². The minimum absolute atomic E-state index is 0.0235. The molecule has 102 valence electrons. The predicted molar refractivity (Wildman–Crippen MR) is 71.0 cm³/mol. The van der Waals surface area contributed by atoms with Crippen molar-refractivity contribution in [1.29, 1.82) is 5.26 Å². The van der Waals surface area contributed by atoms with Crippen LogP contribution < -0.4 is 5.32 Å². The van der Waals surface area contributed by atoms with Crippen molar-refractivity contribution in [2.75, 3.05) is 39.3 Å². The highest BCUT2D eigenvalue weighted by Gasteiger charge is 2.21. The number of amides is 1. The smallest absolute Gasteiger partial charge is 0.236 e. The Balaban J connectivity index is 2.26. The summed E-state index contributed by atoms with van der Waals surface area (Å²) in [5, 5.41) is 11.8. The molecule has 1 aliphatic rings. The number of carbonyl (C=O) groups is 1. The number of rotatable bonds is 4. The van der Waals surface area contributed by atoms with Gasteiger partial charge in [-0.1, -0.05) is 0 Å². The number of nitriles is 1. The molecule has 0 saturated carbocycles. The summed E-state index contributed by atoms with van der Waals surface area (Å²) in [6.07, 6.45) is 0.569. The van der Waals surface area contributed by atoms with E-state index in [-0.39, 0.29) is 11.4 Å². The minimum atomic E-state index is -0.0235. The normalized spacial score (nSPS) is 17.6. The molecule has 0 aromatic carbocycles. The maximum absolute atomic E-state index is 12.0. The van der Waals surface area contributed by atoms with Gasteiger partial charge in [-0.2, -0.15) is 5.26 Å². The Hall–Kier alpha value is -1.12. The van der Waals surface area contributed by atoms with E-state index >= 15 is 0 Å². The third kappa shape index (κ3) is 5.48. The van der Waals surface area contributed by atoms with E-state index in [2.05, 4.69) is 37.1 Å². The van der Waals surface area contributed by atoms with Gasteiger partial charge in [0, 0.05) is 44.7 Å². The van der Waals surface area contributed by atoms with Crippen LogP contribution in [0.1, 0.15) is 27.2 Å². The number of hydrogen-bond acceptors (Lipinski definition) is 4. The Kier molecular flexibility index (Phi) is 5.57. The lowest BCUT2D eigenvalue weighted by Gasteiger charge is -2.35. The van der Waals surface area contributed by atoms with Gasteiger partial charge in [-0.15, -0.1) is 0 Å². The molecule has 0 atom stereocenters. The van der Waals surface area contributed by atoms with Crippen molar-refractivity contribution < 1.29 is 4.79 Å². The lowest BCUT2D eigenvalue weighted by Crippen LogP contribution is -2.52. The molecule has 5 nitrogen and oxygen atoms in total. The molecule has 18 heavy (non-hydrogen) atoms. The first kappa shape index (κ1) is 14.9. The Morgan fingerprint density at radius 2 is 1.89 bits per heavy atom. The highest BCUT2D eigenvalue weighted by molar-refractivity contribution is 5.78. The highest BCUT2D eigenvalue weighted by Crippen LogP contribution is 2.04. The Labute approximate surface area is 110 Å². The first-order chi connectivity index (χ1) is 8.42. The molecule has 1 amide bonds. The Morgan fingerprint density at radius 1 is 1.28 bits per heavy atom. The standard InChI is InChI=1S/C13H24N4O/c1-13(2,3)15-11-12(18)17-9-7-16(8-10-17)6-4-5-14/h15H,4,6-11H2,1-3H3. The second-order valence-electron chi connectivity index (χ2n) is 5.73. The first-order valence-electron chi connectivity index (χ1n) is 6.54. The third-order valence-corrected chi connectivity index (χ3v) is 3.03. The van der Waals surface area contributed by atoms with Crippen LogP contribution in [0.5, 0.6) is 0 Å². The Morgan fingerprint density at radius 3 is 2.39 bits per heavy atom. The average molecular weight is 252 g/mol. The van der Waals surface area contributed by atoms with Gasteiger partial charge in [0.25, 0.3) is 0 Å². The van der Waals surface area contributed by atoms with Gasteiger partial charge in [-0.25, -0.2) is 0 Å². The second kappa shape index (κ2) is 6.72. The zero-order valence-electron chi connectivity index (χ0n) is 11.7. The second-order valence-corrected chi connectivity index (χ2v) is 5.73. The summed E-state index contributed by atoms with van der Waals surface area (Å²) >= 11 is 0. The van der Waals surface area contributed by atoms with E-state index in [0.29, 0.717) is 13.0 Å². The lowest BCUT2D eigenvalue weighted by atomic mass is 10.1.